The Morgan fingerprint density at radius 1 is 1.29 bits per heavy atom. The minimum absolute atomic E-state index is 0.133. The van der Waals surface area contributed by atoms with Crippen LogP contribution < -0.4 is 0 Å². The third-order valence-electron chi connectivity index (χ3n) is 2.23. The molecule has 0 bridgehead atoms. The number of aliphatic carboxylic acids is 1. The molecule has 17 heavy (non-hydrogen) atoms. The van der Waals surface area contributed by atoms with E-state index in [2.05, 4.69) is 0 Å². The largest absolute Gasteiger partial charge is 0.480 e. The molecular formula is C12H15F2NO2. The van der Waals surface area contributed by atoms with Crippen molar-refractivity contribution in [3.8, 4) is 0 Å². The van der Waals surface area contributed by atoms with Crippen LogP contribution in [-0.4, -0.2) is 29.1 Å². The minimum atomic E-state index is -0.949. The number of halogens is 2. The van der Waals surface area contributed by atoms with Gasteiger partial charge in [-0.1, -0.05) is 6.92 Å². The van der Waals surface area contributed by atoms with Crippen LogP contribution in [0.2, 0.25) is 0 Å². The molecule has 0 amide bonds. The van der Waals surface area contributed by atoms with Crippen LogP contribution in [0.1, 0.15) is 18.9 Å². The summed E-state index contributed by atoms with van der Waals surface area (Å²) in [4.78, 5) is 12.3. The molecule has 0 saturated carbocycles. The van der Waals surface area contributed by atoms with Gasteiger partial charge in [0.05, 0.1) is 6.54 Å². The molecule has 94 valence electrons. The second-order valence-corrected chi connectivity index (χ2v) is 3.88. The maximum Gasteiger partial charge on any atom is 0.317 e. The predicted molar refractivity (Wildman–Crippen MR) is 59.6 cm³/mol. The Morgan fingerprint density at radius 2 is 1.88 bits per heavy atom. The van der Waals surface area contributed by atoms with E-state index in [9.17, 15) is 13.6 Å². The summed E-state index contributed by atoms with van der Waals surface area (Å²) < 4.78 is 25.9. The first-order chi connectivity index (χ1) is 8.01. The summed E-state index contributed by atoms with van der Waals surface area (Å²) in [5, 5.41) is 8.71. The Morgan fingerprint density at radius 3 is 2.35 bits per heavy atom. The summed E-state index contributed by atoms with van der Waals surface area (Å²) in [7, 11) is 0. The molecule has 0 heterocycles. The minimum Gasteiger partial charge on any atom is -0.480 e. The van der Waals surface area contributed by atoms with Crippen molar-refractivity contribution >= 4 is 5.97 Å². The predicted octanol–water partition coefficient (Wildman–Crippen LogP) is 2.26. The fraction of sp³-hybridized carbons (Fsp3) is 0.417. The molecule has 3 nitrogen and oxygen atoms in total. The summed E-state index contributed by atoms with van der Waals surface area (Å²) >= 11 is 0. The van der Waals surface area contributed by atoms with Crippen LogP contribution in [0.5, 0.6) is 0 Å². The second kappa shape index (κ2) is 6.30. The second-order valence-electron chi connectivity index (χ2n) is 3.88. The van der Waals surface area contributed by atoms with Gasteiger partial charge in [0.1, 0.15) is 11.6 Å². The molecule has 0 saturated heterocycles. The van der Waals surface area contributed by atoms with Gasteiger partial charge in [-0.05, 0) is 30.7 Å². The third-order valence-corrected chi connectivity index (χ3v) is 2.23. The summed E-state index contributed by atoms with van der Waals surface area (Å²) in [5.41, 5.74) is 0.442. The number of carbonyl (C=O) groups is 1. The van der Waals surface area contributed by atoms with Crippen LogP contribution in [0.25, 0.3) is 0 Å². The molecule has 1 rings (SSSR count). The van der Waals surface area contributed by atoms with Gasteiger partial charge in [-0.15, -0.1) is 0 Å². The zero-order valence-electron chi connectivity index (χ0n) is 9.62. The number of rotatable bonds is 6. The Balaban J connectivity index is 2.74. The molecule has 0 aliphatic rings. The highest BCUT2D eigenvalue weighted by Gasteiger charge is 2.10. The number of benzene rings is 1. The van der Waals surface area contributed by atoms with Gasteiger partial charge in [-0.25, -0.2) is 8.78 Å². The SMILES string of the molecule is CCCN(CC(=O)O)Cc1cc(F)cc(F)c1. The summed E-state index contributed by atoms with van der Waals surface area (Å²) in [6, 6.07) is 3.23. The molecule has 1 aromatic rings. The lowest BCUT2D eigenvalue weighted by Gasteiger charge is -2.19. The first-order valence-electron chi connectivity index (χ1n) is 5.40. The van der Waals surface area contributed by atoms with E-state index >= 15 is 0 Å². The third kappa shape index (κ3) is 4.91. The fourth-order valence-electron chi connectivity index (χ4n) is 1.68. The quantitative estimate of drug-likeness (QED) is 0.833. The smallest absolute Gasteiger partial charge is 0.317 e. The first-order valence-corrected chi connectivity index (χ1v) is 5.40. The Bertz CT molecular complexity index is 376. The van der Waals surface area contributed by atoms with Crippen molar-refractivity contribution in [2.24, 2.45) is 0 Å². The zero-order valence-corrected chi connectivity index (χ0v) is 9.62. The first kappa shape index (κ1) is 13.6. The van der Waals surface area contributed by atoms with E-state index in [4.69, 9.17) is 5.11 Å². The molecule has 0 atom stereocenters. The molecule has 5 heteroatoms. The normalized spacial score (nSPS) is 10.8. The molecule has 1 aromatic carbocycles. The number of nitrogens with zero attached hydrogens (tertiary/aromatic N) is 1. The van der Waals surface area contributed by atoms with Crippen molar-refractivity contribution in [1.29, 1.82) is 0 Å². The van der Waals surface area contributed by atoms with Gasteiger partial charge in [0.2, 0.25) is 0 Å². The van der Waals surface area contributed by atoms with Gasteiger partial charge in [-0.3, -0.25) is 9.69 Å². The molecule has 0 fully saturated rings. The van der Waals surface area contributed by atoms with E-state index in [1.807, 2.05) is 6.92 Å². The van der Waals surface area contributed by atoms with Crippen LogP contribution in [0.3, 0.4) is 0 Å². The Hall–Kier alpha value is -1.49. The lowest BCUT2D eigenvalue weighted by Crippen LogP contribution is -2.30. The van der Waals surface area contributed by atoms with Gasteiger partial charge in [0, 0.05) is 12.6 Å². The maximum atomic E-state index is 13.0. The molecular weight excluding hydrogens is 228 g/mol. The van der Waals surface area contributed by atoms with Gasteiger partial charge >= 0.3 is 5.97 Å². The lowest BCUT2D eigenvalue weighted by atomic mass is 10.2. The molecule has 0 aliphatic heterocycles. The van der Waals surface area contributed by atoms with Crippen molar-refractivity contribution in [3.05, 3.63) is 35.4 Å². The Kier molecular flexibility index (Phi) is 5.03. The van der Waals surface area contributed by atoms with E-state index in [1.165, 1.54) is 12.1 Å². The number of hydrogen-bond acceptors (Lipinski definition) is 2. The lowest BCUT2D eigenvalue weighted by molar-refractivity contribution is -0.138. The molecule has 0 aromatic heterocycles. The van der Waals surface area contributed by atoms with E-state index in [0.717, 1.165) is 12.5 Å². The average molecular weight is 243 g/mol. The molecule has 1 N–H and O–H groups in total. The van der Waals surface area contributed by atoms with Crippen LogP contribution in [-0.2, 0) is 11.3 Å². The van der Waals surface area contributed by atoms with E-state index in [-0.39, 0.29) is 13.1 Å². The van der Waals surface area contributed by atoms with Gasteiger partial charge in [0.15, 0.2) is 0 Å². The van der Waals surface area contributed by atoms with Crippen LogP contribution in [0, 0.1) is 11.6 Å². The van der Waals surface area contributed by atoms with E-state index < -0.39 is 17.6 Å². The topological polar surface area (TPSA) is 40.5 Å². The number of carboxylic acid groups (broad SMARTS) is 1. The van der Waals surface area contributed by atoms with Crippen LogP contribution in [0.4, 0.5) is 8.78 Å². The van der Waals surface area contributed by atoms with Crippen molar-refractivity contribution in [1.82, 2.24) is 4.90 Å². The highest BCUT2D eigenvalue weighted by molar-refractivity contribution is 5.69. The van der Waals surface area contributed by atoms with E-state index in [1.54, 1.807) is 4.90 Å². The van der Waals surface area contributed by atoms with Crippen molar-refractivity contribution < 1.29 is 18.7 Å². The van der Waals surface area contributed by atoms with E-state index in [0.29, 0.717) is 12.1 Å². The molecule has 0 radical (unpaired) electrons. The van der Waals surface area contributed by atoms with Gasteiger partial charge < -0.3 is 5.11 Å². The zero-order chi connectivity index (χ0) is 12.8. The van der Waals surface area contributed by atoms with Crippen molar-refractivity contribution in [2.45, 2.75) is 19.9 Å². The van der Waals surface area contributed by atoms with Crippen molar-refractivity contribution in [2.75, 3.05) is 13.1 Å². The molecule has 0 spiro atoms. The number of hydrogen-bond donors (Lipinski definition) is 1. The number of carboxylic acids is 1. The summed E-state index contributed by atoms with van der Waals surface area (Å²) in [6.07, 6.45) is 0.783. The maximum absolute atomic E-state index is 13.0. The molecule has 0 unspecified atom stereocenters. The highest BCUT2D eigenvalue weighted by atomic mass is 19.1. The fourth-order valence-corrected chi connectivity index (χ4v) is 1.68. The van der Waals surface area contributed by atoms with Crippen LogP contribution >= 0.6 is 0 Å². The Labute approximate surface area is 98.7 Å². The monoisotopic (exact) mass is 243 g/mol. The summed E-state index contributed by atoms with van der Waals surface area (Å²) in [5.74, 6) is -2.24. The summed E-state index contributed by atoms with van der Waals surface area (Å²) in [6.45, 7) is 2.59. The van der Waals surface area contributed by atoms with Crippen LogP contribution in [0.15, 0.2) is 18.2 Å². The molecule has 0 aliphatic carbocycles. The highest BCUT2D eigenvalue weighted by Crippen LogP contribution is 2.10. The van der Waals surface area contributed by atoms with Gasteiger partial charge in [0.25, 0.3) is 0 Å². The van der Waals surface area contributed by atoms with Crippen molar-refractivity contribution in [3.63, 3.8) is 0 Å². The average Bonchev–Trinajstić information content (AvgIpc) is 2.14. The van der Waals surface area contributed by atoms with Gasteiger partial charge in [-0.2, -0.15) is 0 Å². The standard InChI is InChI=1S/C12H15F2NO2/c1-2-3-15(8-12(16)17)7-9-4-10(13)6-11(14)5-9/h4-6H,2-3,7-8H2,1H3,(H,16,17).